The van der Waals surface area contributed by atoms with E-state index in [0.29, 0.717) is 6.61 Å². The second kappa shape index (κ2) is 5.47. The summed E-state index contributed by atoms with van der Waals surface area (Å²) >= 11 is 0. The van der Waals surface area contributed by atoms with Crippen LogP contribution in [0.2, 0.25) is 0 Å². The van der Waals surface area contributed by atoms with E-state index in [2.05, 4.69) is 0 Å². The molecule has 0 aromatic carbocycles. The molecular formula is C11H21NO3. The van der Waals surface area contributed by atoms with Gasteiger partial charge in [0.25, 0.3) is 0 Å². The minimum atomic E-state index is -0.115. The summed E-state index contributed by atoms with van der Waals surface area (Å²) < 4.78 is 5.49. The Bertz CT molecular complexity index is 220. The third kappa shape index (κ3) is 2.69. The molecule has 1 aliphatic heterocycles. The molecule has 0 aromatic heterocycles. The number of carbonyl (C=O) groups excluding carboxylic acids is 1. The van der Waals surface area contributed by atoms with E-state index in [1.807, 2.05) is 13.8 Å². The number of hydrogen-bond acceptors (Lipinski definition) is 3. The summed E-state index contributed by atoms with van der Waals surface area (Å²) in [7, 11) is 1.74. The summed E-state index contributed by atoms with van der Waals surface area (Å²) in [6, 6.07) is -0.115. The molecule has 0 radical (unpaired) electrons. The van der Waals surface area contributed by atoms with Crippen LogP contribution in [-0.4, -0.2) is 48.3 Å². The molecule has 0 bridgehead atoms. The van der Waals surface area contributed by atoms with Crippen LogP contribution in [0.1, 0.15) is 26.7 Å². The SMILES string of the molecule is CCC1OCCC1C(=O)N(C)C(C)CO. The van der Waals surface area contributed by atoms with E-state index in [0.717, 1.165) is 12.8 Å². The average Bonchev–Trinajstić information content (AvgIpc) is 2.73. The van der Waals surface area contributed by atoms with Gasteiger partial charge in [-0.15, -0.1) is 0 Å². The van der Waals surface area contributed by atoms with E-state index in [-0.39, 0.29) is 30.6 Å². The molecule has 0 spiro atoms. The lowest BCUT2D eigenvalue weighted by Gasteiger charge is -2.27. The van der Waals surface area contributed by atoms with E-state index < -0.39 is 0 Å². The molecule has 1 amide bonds. The Morgan fingerprint density at radius 3 is 2.87 bits per heavy atom. The van der Waals surface area contributed by atoms with Gasteiger partial charge in [0.05, 0.1) is 24.7 Å². The Morgan fingerprint density at radius 2 is 2.33 bits per heavy atom. The lowest BCUT2D eigenvalue weighted by molar-refractivity contribution is -0.138. The van der Waals surface area contributed by atoms with Crippen LogP contribution < -0.4 is 0 Å². The highest BCUT2D eigenvalue weighted by Gasteiger charge is 2.35. The lowest BCUT2D eigenvalue weighted by Crippen LogP contribution is -2.43. The second-order valence-corrected chi connectivity index (χ2v) is 4.19. The van der Waals surface area contributed by atoms with Crippen LogP contribution in [0.25, 0.3) is 0 Å². The third-order valence-corrected chi connectivity index (χ3v) is 3.20. The van der Waals surface area contributed by atoms with Crippen LogP contribution in [0.15, 0.2) is 0 Å². The fourth-order valence-electron chi connectivity index (χ4n) is 1.93. The Kier molecular flexibility index (Phi) is 4.54. The van der Waals surface area contributed by atoms with Gasteiger partial charge < -0.3 is 14.7 Å². The van der Waals surface area contributed by atoms with Crippen LogP contribution in [0.4, 0.5) is 0 Å². The van der Waals surface area contributed by atoms with E-state index >= 15 is 0 Å². The fourth-order valence-corrected chi connectivity index (χ4v) is 1.93. The van der Waals surface area contributed by atoms with Crippen LogP contribution in [0.5, 0.6) is 0 Å². The number of carbonyl (C=O) groups is 1. The molecule has 3 atom stereocenters. The van der Waals surface area contributed by atoms with Crippen LogP contribution in [0, 0.1) is 5.92 Å². The standard InChI is InChI=1S/C11H21NO3/c1-4-10-9(5-6-15-10)11(14)12(3)8(2)7-13/h8-10,13H,4-7H2,1-3H3. The smallest absolute Gasteiger partial charge is 0.228 e. The van der Waals surface area contributed by atoms with Gasteiger partial charge in [0.1, 0.15) is 0 Å². The Hall–Kier alpha value is -0.610. The van der Waals surface area contributed by atoms with Crippen molar-refractivity contribution in [2.75, 3.05) is 20.3 Å². The predicted molar refractivity (Wildman–Crippen MR) is 57.5 cm³/mol. The summed E-state index contributed by atoms with van der Waals surface area (Å²) in [6.45, 7) is 4.56. The summed E-state index contributed by atoms with van der Waals surface area (Å²) in [5.41, 5.74) is 0. The monoisotopic (exact) mass is 215 g/mol. The molecule has 0 aliphatic carbocycles. The van der Waals surface area contributed by atoms with Crippen molar-refractivity contribution in [2.45, 2.75) is 38.8 Å². The maximum atomic E-state index is 12.0. The van der Waals surface area contributed by atoms with Crippen molar-refractivity contribution in [1.29, 1.82) is 0 Å². The molecular weight excluding hydrogens is 194 g/mol. The van der Waals surface area contributed by atoms with Crippen molar-refractivity contribution < 1.29 is 14.6 Å². The minimum Gasteiger partial charge on any atom is -0.394 e. The molecule has 3 unspecified atom stereocenters. The van der Waals surface area contributed by atoms with Crippen molar-refractivity contribution in [3.63, 3.8) is 0 Å². The van der Waals surface area contributed by atoms with E-state index in [1.165, 1.54) is 0 Å². The first-order valence-corrected chi connectivity index (χ1v) is 5.60. The highest BCUT2D eigenvalue weighted by molar-refractivity contribution is 5.79. The van der Waals surface area contributed by atoms with E-state index in [9.17, 15) is 4.79 Å². The van der Waals surface area contributed by atoms with Gasteiger partial charge in [-0.1, -0.05) is 6.92 Å². The van der Waals surface area contributed by atoms with Crippen molar-refractivity contribution in [2.24, 2.45) is 5.92 Å². The van der Waals surface area contributed by atoms with Crippen molar-refractivity contribution in [3.05, 3.63) is 0 Å². The number of aliphatic hydroxyl groups is 1. The number of hydrogen-bond donors (Lipinski definition) is 1. The maximum absolute atomic E-state index is 12.0. The number of aliphatic hydroxyl groups excluding tert-OH is 1. The first-order chi connectivity index (χ1) is 7.11. The van der Waals surface area contributed by atoms with Gasteiger partial charge in [0.15, 0.2) is 0 Å². The highest BCUT2D eigenvalue weighted by atomic mass is 16.5. The number of ether oxygens (including phenoxy) is 1. The van der Waals surface area contributed by atoms with Crippen LogP contribution >= 0.6 is 0 Å². The summed E-state index contributed by atoms with van der Waals surface area (Å²) in [6.07, 6.45) is 1.74. The summed E-state index contributed by atoms with van der Waals surface area (Å²) in [5, 5.41) is 8.99. The first-order valence-electron chi connectivity index (χ1n) is 5.60. The van der Waals surface area contributed by atoms with Gasteiger partial charge in [0.2, 0.25) is 5.91 Å². The average molecular weight is 215 g/mol. The van der Waals surface area contributed by atoms with Gasteiger partial charge in [-0.2, -0.15) is 0 Å². The molecule has 1 heterocycles. The van der Waals surface area contributed by atoms with Gasteiger partial charge in [-0.05, 0) is 19.8 Å². The minimum absolute atomic E-state index is 0.00656. The third-order valence-electron chi connectivity index (χ3n) is 3.20. The van der Waals surface area contributed by atoms with Gasteiger partial charge >= 0.3 is 0 Å². The quantitative estimate of drug-likeness (QED) is 0.748. The van der Waals surface area contributed by atoms with Crippen molar-refractivity contribution in [1.82, 2.24) is 4.90 Å². The zero-order chi connectivity index (χ0) is 11.4. The van der Waals surface area contributed by atoms with E-state index in [4.69, 9.17) is 9.84 Å². The number of likely N-dealkylation sites (N-methyl/N-ethyl adjacent to an activating group) is 1. The molecule has 15 heavy (non-hydrogen) atoms. The van der Waals surface area contributed by atoms with Gasteiger partial charge in [-0.25, -0.2) is 0 Å². The Balaban J connectivity index is 2.59. The molecule has 0 saturated carbocycles. The zero-order valence-electron chi connectivity index (χ0n) is 9.77. The largest absolute Gasteiger partial charge is 0.394 e. The zero-order valence-corrected chi connectivity index (χ0v) is 9.77. The van der Waals surface area contributed by atoms with Crippen molar-refractivity contribution in [3.8, 4) is 0 Å². The highest BCUT2D eigenvalue weighted by Crippen LogP contribution is 2.25. The molecule has 0 aromatic rings. The second-order valence-electron chi connectivity index (χ2n) is 4.19. The molecule has 88 valence electrons. The Morgan fingerprint density at radius 1 is 1.67 bits per heavy atom. The van der Waals surface area contributed by atoms with E-state index in [1.54, 1.807) is 11.9 Å². The fraction of sp³-hybridized carbons (Fsp3) is 0.909. The molecule has 1 saturated heterocycles. The normalized spacial score (nSPS) is 27.7. The van der Waals surface area contributed by atoms with Crippen molar-refractivity contribution >= 4 is 5.91 Å². The maximum Gasteiger partial charge on any atom is 0.228 e. The molecule has 1 N–H and O–H groups in total. The number of nitrogens with zero attached hydrogens (tertiary/aromatic N) is 1. The van der Waals surface area contributed by atoms with Gasteiger partial charge in [-0.3, -0.25) is 4.79 Å². The predicted octanol–water partition coefficient (Wildman–Crippen LogP) is 0.641. The van der Waals surface area contributed by atoms with Crippen LogP contribution in [-0.2, 0) is 9.53 Å². The summed E-state index contributed by atoms with van der Waals surface area (Å²) in [4.78, 5) is 13.7. The molecule has 1 aliphatic rings. The molecule has 1 rings (SSSR count). The number of rotatable bonds is 4. The Labute approximate surface area is 91.2 Å². The van der Waals surface area contributed by atoms with Crippen LogP contribution in [0.3, 0.4) is 0 Å². The molecule has 1 fully saturated rings. The first kappa shape index (κ1) is 12.5. The molecule has 4 nitrogen and oxygen atoms in total. The number of amides is 1. The molecule has 4 heteroatoms. The van der Waals surface area contributed by atoms with Gasteiger partial charge in [0, 0.05) is 13.7 Å². The lowest BCUT2D eigenvalue weighted by atomic mass is 9.97. The topological polar surface area (TPSA) is 49.8 Å². The summed E-state index contributed by atoms with van der Waals surface area (Å²) in [5.74, 6) is 0.0786.